The van der Waals surface area contributed by atoms with Gasteiger partial charge in [-0.1, -0.05) is 41.1 Å². The number of aliphatic hydroxyl groups is 1. The third-order valence-electron chi connectivity index (χ3n) is 1.51. The molecule has 0 fully saturated rings. The molecule has 0 aliphatic carbocycles. The van der Waals surface area contributed by atoms with Crippen LogP contribution in [0, 0.1) is 12.0 Å². The molecule has 0 heterocycles. The maximum Gasteiger partial charge on any atom is 0.107 e. The first-order chi connectivity index (χ1) is 5.41. The summed E-state index contributed by atoms with van der Waals surface area (Å²) in [6.45, 7) is 0. The highest BCUT2D eigenvalue weighted by Gasteiger charge is 1.87. The van der Waals surface area contributed by atoms with Gasteiger partial charge in [-0.15, -0.1) is 0 Å². The summed E-state index contributed by atoms with van der Waals surface area (Å²) in [6.07, 6.45) is 8.97. The second-order valence-electron chi connectivity index (χ2n) is 2.50. The smallest absolute Gasteiger partial charge is 0.107 e. The molecule has 1 N–H and O–H groups in total. The van der Waals surface area contributed by atoms with E-state index in [9.17, 15) is 0 Å². The second kappa shape index (κ2) is 9.84. The Morgan fingerprint density at radius 1 is 1.00 bits per heavy atom. The lowest BCUT2D eigenvalue weighted by molar-refractivity contribution is 0.515. The minimum Gasteiger partial charge on any atom is -0.462 e. The van der Waals surface area contributed by atoms with E-state index in [-0.39, 0.29) is 0 Å². The average molecular weight is 219 g/mol. The molecule has 64 valence electrons. The van der Waals surface area contributed by atoms with E-state index in [1.165, 1.54) is 25.7 Å². The van der Waals surface area contributed by atoms with Crippen LogP contribution in [0.2, 0.25) is 0 Å². The SMILES string of the molecule is OC#CCCCCCCCBr. The van der Waals surface area contributed by atoms with Crippen LogP contribution in [0.3, 0.4) is 0 Å². The van der Waals surface area contributed by atoms with Gasteiger partial charge in [-0.2, -0.15) is 0 Å². The Morgan fingerprint density at radius 2 is 1.64 bits per heavy atom. The Kier molecular flexibility index (Phi) is 9.70. The molecule has 2 heteroatoms. The quantitative estimate of drug-likeness (QED) is 0.413. The van der Waals surface area contributed by atoms with Crippen molar-refractivity contribution in [1.29, 1.82) is 0 Å². The van der Waals surface area contributed by atoms with Gasteiger partial charge in [0.25, 0.3) is 0 Å². The number of alkyl halides is 1. The lowest BCUT2D eigenvalue weighted by Crippen LogP contribution is -1.79. The maximum absolute atomic E-state index is 8.14. The maximum atomic E-state index is 8.14. The van der Waals surface area contributed by atoms with E-state index in [1.54, 1.807) is 0 Å². The van der Waals surface area contributed by atoms with Crippen LogP contribution in [0.4, 0.5) is 0 Å². The lowest BCUT2D eigenvalue weighted by Gasteiger charge is -1.95. The van der Waals surface area contributed by atoms with Crippen LogP contribution in [-0.4, -0.2) is 10.4 Å². The molecule has 0 aromatic carbocycles. The summed E-state index contributed by atoms with van der Waals surface area (Å²) >= 11 is 3.39. The molecular formula is C9H15BrO. The number of rotatable bonds is 6. The Labute approximate surface area is 77.3 Å². The minimum absolute atomic E-state index is 0.838. The van der Waals surface area contributed by atoms with Gasteiger partial charge in [0.1, 0.15) is 6.11 Å². The van der Waals surface area contributed by atoms with Gasteiger partial charge in [-0.3, -0.25) is 0 Å². The van der Waals surface area contributed by atoms with Crippen molar-refractivity contribution in [2.75, 3.05) is 5.33 Å². The molecule has 0 unspecified atom stereocenters. The van der Waals surface area contributed by atoms with E-state index in [4.69, 9.17) is 5.11 Å². The number of halogens is 1. The largest absolute Gasteiger partial charge is 0.462 e. The summed E-state index contributed by atoms with van der Waals surface area (Å²) in [4.78, 5) is 0. The van der Waals surface area contributed by atoms with Gasteiger partial charge in [0.05, 0.1) is 0 Å². The summed E-state index contributed by atoms with van der Waals surface area (Å²) in [5.41, 5.74) is 0. The van der Waals surface area contributed by atoms with Gasteiger partial charge in [0.15, 0.2) is 0 Å². The first-order valence-corrected chi connectivity index (χ1v) is 5.22. The summed E-state index contributed by atoms with van der Waals surface area (Å²) < 4.78 is 0. The van der Waals surface area contributed by atoms with Crippen molar-refractivity contribution in [1.82, 2.24) is 0 Å². The van der Waals surface area contributed by atoms with Gasteiger partial charge in [-0.05, 0) is 12.8 Å². The molecule has 0 amide bonds. The standard InChI is InChI=1S/C9H15BrO/c10-8-6-4-2-1-3-5-7-9-11/h11H,1-6,8H2. The number of aliphatic hydroxyl groups excluding tert-OH is 1. The highest BCUT2D eigenvalue weighted by Crippen LogP contribution is 2.05. The van der Waals surface area contributed by atoms with Crippen molar-refractivity contribution in [3.8, 4) is 12.0 Å². The van der Waals surface area contributed by atoms with E-state index in [2.05, 4.69) is 21.9 Å². The Hall–Kier alpha value is -0.160. The van der Waals surface area contributed by atoms with E-state index < -0.39 is 0 Å². The van der Waals surface area contributed by atoms with Crippen molar-refractivity contribution >= 4 is 15.9 Å². The molecule has 0 spiro atoms. The molecule has 0 aliphatic rings. The minimum atomic E-state index is 0.838. The molecule has 0 aromatic heterocycles. The van der Waals surface area contributed by atoms with E-state index in [0.717, 1.165) is 18.2 Å². The van der Waals surface area contributed by atoms with Crippen LogP contribution in [0.5, 0.6) is 0 Å². The molecule has 0 radical (unpaired) electrons. The Bertz CT molecular complexity index is 123. The van der Waals surface area contributed by atoms with E-state index in [1.807, 2.05) is 6.11 Å². The zero-order valence-electron chi connectivity index (χ0n) is 6.77. The zero-order chi connectivity index (χ0) is 8.36. The average Bonchev–Trinajstić information content (AvgIpc) is 2.03. The first kappa shape index (κ1) is 10.8. The monoisotopic (exact) mass is 218 g/mol. The first-order valence-electron chi connectivity index (χ1n) is 4.09. The van der Waals surface area contributed by atoms with Crippen LogP contribution in [0.15, 0.2) is 0 Å². The fraction of sp³-hybridized carbons (Fsp3) is 0.778. The summed E-state index contributed by atoms with van der Waals surface area (Å²) in [6, 6.07) is 0. The van der Waals surface area contributed by atoms with Gasteiger partial charge < -0.3 is 5.11 Å². The van der Waals surface area contributed by atoms with Crippen LogP contribution >= 0.6 is 15.9 Å². The molecular weight excluding hydrogens is 204 g/mol. The zero-order valence-corrected chi connectivity index (χ0v) is 8.36. The van der Waals surface area contributed by atoms with Crippen molar-refractivity contribution in [2.45, 2.75) is 38.5 Å². The molecule has 1 nitrogen and oxygen atoms in total. The molecule has 0 aliphatic heterocycles. The number of unbranched alkanes of at least 4 members (excludes halogenated alkanes) is 5. The molecule has 0 rings (SSSR count). The van der Waals surface area contributed by atoms with Crippen molar-refractivity contribution in [2.24, 2.45) is 0 Å². The normalized spacial score (nSPS) is 8.82. The topological polar surface area (TPSA) is 20.2 Å². The highest BCUT2D eigenvalue weighted by molar-refractivity contribution is 9.09. The van der Waals surface area contributed by atoms with Crippen molar-refractivity contribution in [3.05, 3.63) is 0 Å². The Balaban J connectivity index is 2.83. The summed E-state index contributed by atoms with van der Waals surface area (Å²) in [5.74, 6) is 2.64. The highest BCUT2D eigenvalue weighted by atomic mass is 79.9. The molecule has 0 aromatic rings. The molecule has 0 saturated carbocycles. The lowest BCUT2D eigenvalue weighted by atomic mass is 10.1. The van der Waals surface area contributed by atoms with Crippen LogP contribution in [-0.2, 0) is 0 Å². The van der Waals surface area contributed by atoms with Crippen molar-refractivity contribution in [3.63, 3.8) is 0 Å². The van der Waals surface area contributed by atoms with Gasteiger partial charge in [0.2, 0.25) is 0 Å². The van der Waals surface area contributed by atoms with Gasteiger partial charge in [0, 0.05) is 11.8 Å². The third-order valence-corrected chi connectivity index (χ3v) is 2.08. The van der Waals surface area contributed by atoms with E-state index >= 15 is 0 Å². The predicted octanol–water partition coefficient (Wildman–Crippen LogP) is 3.06. The van der Waals surface area contributed by atoms with E-state index in [0.29, 0.717) is 0 Å². The fourth-order valence-electron chi connectivity index (χ4n) is 0.894. The molecule has 0 atom stereocenters. The molecule has 0 bridgehead atoms. The fourth-order valence-corrected chi connectivity index (χ4v) is 1.29. The van der Waals surface area contributed by atoms with Gasteiger partial charge >= 0.3 is 0 Å². The summed E-state index contributed by atoms with van der Waals surface area (Å²) in [7, 11) is 0. The van der Waals surface area contributed by atoms with Crippen molar-refractivity contribution < 1.29 is 5.11 Å². The molecule has 11 heavy (non-hydrogen) atoms. The number of hydrogen-bond donors (Lipinski definition) is 1. The Morgan fingerprint density at radius 3 is 2.27 bits per heavy atom. The second-order valence-corrected chi connectivity index (χ2v) is 3.29. The summed E-state index contributed by atoms with van der Waals surface area (Å²) in [5, 5.41) is 9.25. The third kappa shape index (κ3) is 9.84. The predicted molar refractivity (Wildman–Crippen MR) is 51.2 cm³/mol. The van der Waals surface area contributed by atoms with Crippen LogP contribution in [0.25, 0.3) is 0 Å². The molecule has 0 saturated heterocycles. The van der Waals surface area contributed by atoms with Gasteiger partial charge in [-0.25, -0.2) is 0 Å². The number of hydrogen-bond acceptors (Lipinski definition) is 1. The van der Waals surface area contributed by atoms with Crippen LogP contribution in [0.1, 0.15) is 38.5 Å². The van der Waals surface area contributed by atoms with Crippen LogP contribution < -0.4 is 0 Å².